The molecule has 1 atom stereocenters. The van der Waals surface area contributed by atoms with E-state index in [1.165, 1.54) is 5.01 Å². The van der Waals surface area contributed by atoms with Crippen LogP contribution >= 0.6 is 11.3 Å². The number of piperazine rings is 1. The van der Waals surface area contributed by atoms with Gasteiger partial charge in [0.1, 0.15) is 5.01 Å². The zero-order valence-electron chi connectivity index (χ0n) is 10.6. The first-order chi connectivity index (χ1) is 7.48. The molecule has 1 aromatic heterocycles. The highest BCUT2D eigenvalue weighted by molar-refractivity contribution is 7.09. The highest BCUT2D eigenvalue weighted by Gasteiger charge is 2.29. The fraction of sp³-hybridized carbons (Fsp3) is 0.750. The second-order valence-corrected chi connectivity index (χ2v) is 6.17. The van der Waals surface area contributed by atoms with Crippen LogP contribution in [0.25, 0.3) is 0 Å². The van der Waals surface area contributed by atoms with Crippen LogP contribution in [0, 0.1) is 6.92 Å². The Labute approximate surface area is 102 Å². The molecule has 2 rings (SSSR count). The maximum absolute atomic E-state index is 4.59. The summed E-state index contributed by atoms with van der Waals surface area (Å²) >= 11 is 1.78. The normalized spacial score (nSPS) is 23.2. The minimum absolute atomic E-state index is 0.221. The van der Waals surface area contributed by atoms with Crippen molar-refractivity contribution in [2.45, 2.75) is 39.3 Å². The van der Waals surface area contributed by atoms with Crippen LogP contribution in [0.5, 0.6) is 0 Å². The lowest BCUT2D eigenvalue weighted by atomic mass is 10.0. The van der Waals surface area contributed by atoms with Gasteiger partial charge in [-0.25, -0.2) is 4.98 Å². The molecule has 1 aromatic rings. The van der Waals surface area contributed by atoms with Gasteiger partial charge in [0.2, 0.25) is 0 Å². The average molecular weight is 239 g/mol. The SMILES string of the molecule is Cc1csc(C(C)N2CCNC(C)(C)C2)n1. The van der Waals surface area contributed by atoms with Crippen LogP contribution in [-0.4, -0.2) is 35.1 Å². The second-order valence-electron chi connectivity index (χ2n) is 5.28. The van der Waals surface area contributed by atoms with Crippen molar-refractivity contribution < 1.29 is 0 Å². The molecule has 0 aromatic carbocycles. The van der Waals surface area contributed by atoms with Gasteiger partial charge < -0.3 is 5.32 Å². The molecule has 3 nitrogen and oxygen atoms in total. The van der Waals surface area contributed by atoms with E-state index < -0.39 is 0 Å². The van der Waals surface area contributed by atoms with E-state index in [1.54, 1.807) is 11.3 Å². The summed E-state index contributed by atoms with van der Waals surface area (Å²) in [4.78, 5) is 7.11. The standard InChI is InChI=1S/C12H21N3S/c1-9-7-16-11(14-9)10(2)15-6-5-13-12(3,4)8-15/h7,10,13H,5-6,8H2,1-4H3. The van der Waals surface area contributed by atoms with E-state index in [0.717, 1.165) is 25.3 Å². The molecular formula is C12H21N3S. The summed E-state index contributed by atoms with van der Waals surface area (Å²) in [5, 5.41) is 6.92. The topological polar surface area (TPSA) is 28.2 Å². The Hall–Kier alpha value is -0.450. The van der Waals surface area contributed by atoms with Crippen LogP contribution in [0.1, 0.15) is 37.5 Å². The number of nitrogens with one attached hydrogen (secondary N) is 1. The molecular weight excluding hydrogens is 218 g/mol. The lowest BCUT2D eigenvalue weighted by molar-refractivity contribution is 0.116. The molecule has 90 valence electrons. The third-order valence-corrected chi connectivity index (χ3v) is 4.28. The molecule has 0 saturated carbocycles. The lowest BCUT2D eigenvalue weighted by Gasteiger charge is -2.41. The third kappa shape index (κ3) is 2.62. The Morgan fingerprint density at radius 1 is 1.56 bits per heavy atom. The predicted molar refractivity (Wildman–Crippen MR) is 68.9 cm³/mol. The van der Waals surface area contributed by atoms with Gasteiger partial charge in [-0.3, -0.25) is 4.90 Å². The van der Waals surface area contributed by atoms with Crippen LogP contribution in [0.2, 0.25) is 0 Å². The average Bonchev–Trinajstić information content (AvgIpc) is 2.62. The summed E-state index contributed by atoms with van der Waals surface area (Å²) in [6, 6.07) is 0.445. The van der Waals surface area contributed by atoms with Crippen molar-refractivity contribution in [1.29, 1.82) is 0 Å². The van der Waals surface area contributed by atoms with Gasteiger partial charge >= 0.3 is 0 Å². The van der Waals surface area contributed by atoms with Crippen molar-refractivity contribution in [3.63, 3.8) is 0 Å². The number of nitrogens with zero attached hydrogens (tertiary/aromatic N) is 2. The summed E-state index contributed by atoms with van der Waals surface area (Å²) in [5.74, 6) is 0. The van der Waals surface area contributed by atoms with E-state index in [0.29, 0.717) is 6.04 Å². The van der Waals surface area contributed by atoms with Crippen molar-refractivity contribution in [3.05, 3.63) is 16.1 Å². The molecule has 4 heteroatoms. The lowest BCUT2D eigenvalue weighted by Crippen LogP contribution is -2.57. The number of hydrogen-bond donors (Lipinski definition) is 1. The van der Waals surface area contributed by atoms with E-state index in [2.05, 4.69) is 48.3 Å². The van der Waals surface area contributed by atoms with E-state index in [1.807, 2.05) is 0 Å². The number of rotatable bonds is 2. The Morgan fingerprint density at radius 3 is 2.88 bits per heavy atom. The summed E-state index contributed by atoms with van der Waals surface area (Å²) in [6.07, 6.45) is 0. The van der Waals surface area contributed by atoms with Gasteiger partial charge in [-0.05, 0) is 27.7 Å². The first-order valence-electron chi connectivity index (χ1n) is 5.89. The van der Waals surface area contributed by atoms with Gasteiger partial charge in [0, 0.05) is 36.2 Å². The molecule has 16 heavy (non-hydrogen) atoms. The summed E-state index contributed by atoms with van der Waals surface area (Å²) in [7, 11) is 0. The van der Waals surface area contributed by atoms with Crippen molar-refractivity contribution in [2.24, 2.45) is 0 Å². The van der Waals surface area contributed by atoms with Gasteiger partial charge in [0.25, 0.3) is 0 Å². The van der Waals surface area contributed by atoms with Crippen molar-refractivity contribution >= 4 is 11.3 Å². The minimum Gasteiger partial charge on any atom is -0.309 e. The molecule has 0 spiro atoms. The predicted octanol–water partition coefficient (Wildman–Crippen LogP) is 2.20. The highest BCUT2D eigenvalue weighted by Crippen LogP contribution is 2.26. The van der Waals surface area contributed by atoms with Gasteiger partial charge in [0.05, 0.1) is 6.04 Å². The smallest absolute Gasteiger partial charge is 0.110 e. The Morgan fingerprint density at radius 2 is 2.31 bits per heavy atom. The Balaban J connectivity index is 2.07. The van der Waals surface area contributed by atoms with Crippen molar-refractivity contribution in [2.75, 3.05) is 19.6 Å². The molecule has 1 aliphatic rings. The number of hydrogen-bond acceptors (Lipinski definition) is 4. The molecule has 0 bridgehead atoms. The highest BCUT2D eigenvalue weighted by atomic mass is 32.1. The molecule has 1 aliphatic heterocycles. The molecule has 0 amide bonds. The van der Waals surface area contributed by atoms with Crippen molar-refractivity contribution in [3.8, 4) is 0 Å². The van der Waals surface area contributed by atoms with E-state index in [-0.39, 0.29) is 5.54 Å². The van der Waals surface area contributed by atoms with Crippen LogP contribution in [0.3, 0.4) is 0 Å². The molecule has 2 heterocycles. The molecule has 0 radical (unpaired) electrons. The monoisotopic (exact) mass is 239 g/mol. The van der Waals surface area contributed by atoms with Gasteiger partial charge in [0.15, 0.2) is 0 Å². The molecule has 1 N–H and O–H groups in total. The second kappa shape index (κ2) is 4.43. The number of aromatic nitrogens is 1. The maximum Gasteiger partial charge on any atom is 0.110 e. The fourth-order valence-corrected chi connectivity index (χ4v) is 3.12. The van der Waals surface area contributed by atoms with Gasteiger partial charge in [-0.2, -0.15) is 0 Å². The van der Waals surface area contributed by atoms with E-state index in [9.17, 15) is 0 Å². The number of aryl methyl sites for hydroxylation is 1. The van der Waals surface area contributed by atoms with E-state index in [4.69, 9.17) is 0 Å². The zero-order valence-corrected chi connectivity index (χ0v) is 11.4. The molecule has 1 fully saturated rings. The van der Waals surface area contributed by atoms with Gasteiger partial charge in [-0.15, -0.1) is 11.3 Å². The quantitative estimate of drug-likeness (QED) is 0.857. The van der Waals surface area contributed by atoms with E-state index >= 15 is 0 Å². The maximum atomic E-state index is 4.59. The minimum atomic E-state index is 0.221. The fourth-order valence-electron chi connectivity index (χ4n) is 2.23. The van der Waals surface area contributed by atoms with Crippen LogP contribution in [-0.2, 0) is 0 Å². The first kappa shape index (κ1) is 12.0. The molecule has 0 aliphatic carbocycles. The molecule has 1 unspecified atom stereocenters. The molecule has 1 saturated heterocycles. The number of thiazole rings is 1. The summed E-state index contributed by atoms with van der Waals surface area (Å²) in [5.41, 5.74) is 1.36. The van der Waals surface area contributed by atoms with Crippen LogP contribution in [0.4, 0.5) is 0 Å². The zero-order chi connectivity index (χ0) is 11.8. The van der Waals surface area contributed by atoms with Crippen LogP contribution < -0.4 is 5.32 Å². The summed E-state index contributed by atoms with van der Waals surface area (Å²) in [6.45, 7) is 12.1. The third-order valence-electron chi connectivity index (χ3n) is 3.14. The van der Waals surface area contributed by atoms with Gasteiger partial charge in [-0.1, -0.05) is 0 Å². The Kier molecular flexibility index (Phi) is 3.33. The first-order valence-corrected chi connectivity index (χ1v) is 6.77. The summed E-state index contributed by atoms with van der Waals surface area (Å²) < 4.78 is 0. The van der Waals surface area contributed by atoms with Crippen LogP contribution in [0.15, 0.2) is 5.38 Å². The van der Waals surface area contributed by atoms with Crippen molar-refractivity contribution in [1.82, 2.24) is 15.2 Å². The Bertz CT molecular complexity index is 359. The largest absolute Gasteiger partial charge is 0.309 e.